The Bertz CT molecular complexity index is 779. The molecular formula is C23H33NO9. The van der Waals surface area contributed by atoms with E-state index in [-0.39, 0.29) is 30.2 Å². The van der Waals surface area contributed by atoms with E-state index in [0.29, 0.717) is 37.5 Å². The Kier molecular flexibility index (Phi) is 13.8. The van der Waals surface area contributed by atoms with Crippen molar-refractivity contribution in [3.63, 3.8) is 0 Å². The first-order chi connectivity index (χ1) is 15.3. The quantitative estimate of drug-likeness (QED) is 0.327. The highest BCUT2D eigenvalue weighted by molar-refractivity contribution is 5.89. The third-order valence-corrected chi connectivity index (χ3v) is 3.62. The number of aliphatic carboxylic acids is 2. The molecule has 0 spiro atoms. The summed E-state index contributed by atoms with van der Waals surface area (Å²) in [5.74, 6) is -2.42. The second-order valence-electron chi connectivity index (χ2n) is 7.92. The van der Waals surface area contributed by atoms with Crippen molar-refractivity contribution >= 4 is 23.9 Å². The van der Waals surface area contributed by atoms with Crippen LogP contribution < -0.4 is 10.1 Å². The summed E-state index contributed by atoms with van der Waals surface area (Å²) in [6.45, 7) is 10.1. The fraction of sp³-hybridized carbons (Fsp3) is 0.478. The number of esters is 2. The summed E-state index contributed by atoms with van der Waals surface area (Å²) in [4.78, 5) is 41.1. The smallest absolute Gasteiger partial charge is 0.328 e. The lowest BCUT2D eigenvalue weighted by molar-refractivity contribution is -0.147. The molecule has 1 aromatic rings. The summed E-state index contributed by atoms with van der Waals surface area (Å²) in [5, 5.41) is 18.9. The van der Waals surface area contributed by atoms with Gasteiger partial charge in [-0.2, -0.15) is 0 Å². The van der Waals surface area contributed by atoms with Gasteiger partial charge in [-0.25, -0.2) is 9.59 Å². The monoisotopic (exact) mass is 467 g/mol. The van der Waals surface area contributed by atoms with Crippen LogP contribution in [0, 0.1) is 0 Å². The number of nitrogens with one attached hydrogen (secondary N) is 1. The van der Waals surface area contributed by atoms with Crippen LogP contribution in [-0.2, 0) is 35.1 Å². The van der Waals surface area contributed by atoms with Crippen LogP contribution in [0.5, 0.6) is 5.75 Å². The molecule has 0 saturated heterocycles. The zero-order valence-electron chi connectivity index (χ0n) is 19.6. The van der Waals surface area contributed by atoms with Gasteiger partial charge in [-0.15, -0.1) is 0 Å². The van der Waals surface area contributed by atoms with Gasteiger partial charge in [0.1, 0.15) is 18.5 Å². The Morgan fingerprint density at radius 3 is 1.94 bits per heavy atom. The maximum Gasteiger partial charge on any atom is 0.328 e. The number of carboxylic acids is 2. The zero-order chi connectivity index (χ0) is 25.4. The summed E-state index contributed by atoms with van der Waals surface area (Å²) in [7, 11) is 0. The molecule has 0 amide bonds. The molecule has 0 aliphatic rings. The molecule has 0 radical (unpaired) electrons. The van der Waals surface area contributed by atoms with Crippen molar-refractivity contribution < 1.29 is 43.6 Å². The van der Waals surface area contributed by atoms with Crippen molar-refractivity contribution in [2.24, 2.45) is 0 Å². The molecule has 1 atom stereocenters. The van der Waals surface area contributed by atoms with Crippen LogP contribution in [0.1, 0.15) is 40.2 Å². The number of hydrogen-bond donors (Lipinski definition) is 3. The van der Waals surface area contributed by atoms with Crippen molar-refractivity contribution in [3.05, 3.63) is 42.0 Å². The van der Waals surface area contributed by atoms with E-state index in [0.717, 1.165) is 5.56 Å². The molecule has 10 nitrogen and oxygen atoms in total. The first-order valence-corrected chi connectivity index (χ1v) is 10.2. The first-order valence-electron chi connectivity index (χ1n) is 10.2. The zero-order valence-corrected chi connectivity index (χ0v) is 19.6. The number of hydrogen-bond acceptors (Lipinski definition) is 8. The molecule has 0 aromatic heterocycles. The summed E-state index contributed by atoms with van der Waals surface area (Å²) in [6.07, 6.45) is 1.41. The van der Waals surface area contributed by atoms with Crippen LogP contribution in [0.3, 0.4) is 0 Å². The van der Waals surface area contributed by atoms with E-state index >= 15 is 0 Å². The average molecular weight is 468 g/mol. The van der Waals surface area contributed by atoms with Gasteiger partial charge in [-0.05, 0) is 38.5 Å². The summed E-state index contributed by atoms with van der Waals surface area (Å²) < 4.78 is 15.9. The van der Waals surface area contributed by atoms with Gasteiger partial charge < -0.3 is 29.7 Å². The topological polar surface area (TPSA) is 148 Å². The van der Waals surface area contributed by atoms with E-state index in [9.17, 15) is 19.2 Å². The van der Waals surface area contributed by atoms with Crippen LogP contribution in [0.2, 0.25) is 0 Å². The molecule has 33 heavy (non-hydrogen) atoms. The first kappa shape index (κ1) is 29.6. The van der Waals surface area contributed by atoms with Gasteiger partial charge in [0.2, 0.25) is 0 Å². The van der Waals surface area contributed by atoms with E-state index < -0.39 is 11.9 Å². The molecule has 0 bridgehead atoms. The van der Waals surface area contributed by atoms with Crippen molar-refractivity contribution in [3.8, 4) is 5.75 Å². The predicted molar refractivity (Wildman–Crippen MR) is 120 cm³/mol. The number of benzene rings is 1. The van der Waals surface area contributed by atoms with E-state index in [1.165, 1.54) is 13.8 Å². The number of rotatable bonds is 11. The van der Waals surface area contributed by atoms with Crippen molar-refractivity contribution in [1.82, 2.24) is 5.32 Å². The fourth-order valence-corrected chi connectivity index (χ4v) is 2.19. The largest absolute Gasteiger partial charge is 0.490 e. The van der Waals surface area contributed by atoms with Crippen LogP contribution in [0.25, 0.3) is 0 Å². The molecule has 0 saturated carbocycles. The normalized spacial score (nSPS) is 11.7. The molecule has 3 N–H and O–H groups in total. The van der Waals surface area contributed by atoms with Gasteiger partial charge in [-0.1, -0.05) is 12.1 Å². The highest BCUT2D eigenvalue weighted by Gasteiger charge is 2.17. The Hall–Kier alpha value is -3.40. The number of carboxylic acid groups (broad SMARTS) is 2. The van der Waals surface area contributed by atoms with Crippen LogP contribution >= 0.6 is 0 Å². The minimum absolute atomic E-state index is 0.0675. The lowest BCUT2D eigenvalue weighted by Gasteiger charge is -2.25. The molecule has 0 fully saturated rings. The van der Waals surface area contributed by atoms with Crippen LogP contribution in [-0.4, -0.2) is 65.5 Å². The highest BCUT2D eigenvalue weighted by atomic mass is 16.6. The summed E-state index contributed by atoms with van der Waals surface area (Å²) in [5.41, 5.74) is 0.988. The maximum atomic E-state index is 11.2. The van der Waals surface area contributed by atoms with Gasteiger partial charge in [0, 0.05) is 44.5 Å². The van der Waals surface area contributed by atoms with Crippen LogP contribution in [0.15, 0.2) is 36.4 Å². The molecule has 0 aliphatic heterocycles. The Morgan fingerprint density at radius 1 is 0.970 bits per heavy atom. The highest BCUT2D eigenvalue weighted by Crippen LogP contribution is 2.14. The van der Waals surface area contributed by atoms with Gasteiger partial charge in [0.05, 0.1) is 6.61 Å². The second-order valence-corrected chi connectivity index (χ2v) is 7.92. The minimum Gasteiger partial charge on any atom is -0.490 e. The van der Waals surface area contributed by atoms with E-state index in [2.05, 4.69) is 5.32 Å². The maximum absolute atomic E-state index is 11.2. The number of carbonyl (C=O) groups excluding carboxylic acids is 2. The van der Waals surface area contributed by atoms with Gasteiger partial charge in [0.15, 0.2) is 0 Å². The van der Waals surface area contributed by atoms with Gasteiger partial charge >= 0.3 is 23.9 Å². The summed E-state index contributed by atoms with van der Waals surface area (Å²) >= 11 is 0. The number of ether oxygens (including phenoxy) is 3. The Morgan fingerprint density at radius 2 is 1.52 bits per heavy atom. The SMILES string of the molecule is CC(=O)OCCc1ccc(OCC(CNC(C)(C)C)OC(C)=O)cc1.O=C(O)C=CC(=O)O. The van der Waals surface area contributed by atoms with Crippen LogP contribution in [0.4, 0.5) is 0 Å². The van der Waals surface area contributed by atoms with E-state index in [1.54, 1.807) is 0 Å². The third kappa shape index (κ3) is 19.0. The molecule has 1 unspecified atom stereocenters. The molecule has 1 aromatic carbocycles. The molecule has 1 rings (SSSR count). The lowest BCUT2D eigenvalue weighted by Crippen LogP contribution is -2.44. The molecule has 0 heterocycles. The summed E-state index contributed by atoms with van der Waals surface area (Å²) in [6, 6.07) is 7.55. The average Bonchev–Trinajstić information content (AvgIpc) is 2.69. The van der Waals surface area contributed by atoms with Crippen molar-refractivity contribution in [1.29, 1.82) is 0 Å². The molecule has 184 valence electrons. The second kappa shape index (κ2) is 15.4. The number of carbonyl (C=O) groups is 4. The Labute approximate surface area is 193 Å². The van der Waals surface area contributed by atoms with Crippen molar-refractivity contribution in [2.75, 3.05) is 19.8 Å². The molecular weight excluding hydrogens is 434 g/mol. The minimum atomic E-state index is -1.26. The van der Waals surface area contributed by atoms with E-state index in [4.69, 9.17) is 24.4 Å². The third-order valence-electron chi connectivity index (χ3n) is 3.62. The van der Waals surface area contributed by atoms with Crippen molar-refractivity contribution in [2.45, 2.75) is 52.7 Å². The Balaban J connectivity index is 0.00000109. The molecule has 10 heteroatoms. The predicted octanol–water partition coefficient (Wildman–Crippen LogP) is 2.20. The molecule has 0 aliphatic carbocycles. The van der Waals surface area contributed by atoms with Gasteiger partial charge in [0.25, 0.3) is 0 Å². The fourth-order valence-electron chi connectivity index (χ4n) is 2.19. The standard InChI is InChI=1S/C19H29NO5.C4H4O4/c1-14(21)23-11-10-16-6-8-17(9-7-16)24-13-18(25-15(2)22)12-20-19(3,4)5;5-3(6)1-2-4(7)8/h6-9,18,20H,10-13H2,1-5H3;1-2H,(H,5,6)(H,7,8). The van der Waals surface area contributed by atoms with Gasteiger partial charge in [-0.3, -0.25) is 9.59 Å². The van der Waals surface area contributed by atoms with E-state index in [1.807, 2.05) is 45.0 Å². The lowest BCUT2D eigenvalue weighted by atomic mass is 10.1.